The monoisotopic (exact) mass is 428 g/mol. The van der Waals surface area contributed by atoms with Crippen molar-refractivity contribution in [1.29, 1.82) is 0 Å². The van der Waals surface area contributed by atoms with Crippen LogP contribution in [0, 0.1) is 0 Å². The summed E-state index contributed by atoms with van der Waals surface area (Å²) in [5.74, 6) is -1.64. The zero-order valence-corrected chi connectivity index (χ0v) is 17.8. The molecule has 0 spiro atoms. The molecule has 1 saturated heterocycles. The first-order valence-corrected chi connectivity index (χ1v) is 10.3. The van der Waals surface area contributed by atoms with Crippen molar-refractivity contribution in [2.75, 3.05) is 26.2 Å². The maximum absolute atomic E-state index is 12.9. The largest absolute Gasteiger partial charge is 0.508 e. The van der Waals surface area contributed by atoms with Crippen molar-refractivity contribution >= 4 is 29.1 Å². The van der Waals surface area contributed by atoms with Crippen molar-refractivity contribution < 1.29 is 19.8 Å². The average Bonchev–Trinajstić information content (AvgIpc) is 2.99. The molecule has 1 atom stereocenters. The Kier molecular flexibility index (Phi) is 6.80. The fourth-order valence-corrected chi connectivity index (χ4v) is 3.83. The van der Waals surface area contributed by atoms with Gasteiger partial charge in [-0.15, -0.1) is 0 Å². The minimum absolute atomic E-state index is 0.00692. The number of phenolic OH excluding ortho intramolecular Hbond substituents is 1. The second-order valence-electron chi connectivity index (χ2n) is 7.12. The van der Waals surface area contributed by atoms with Gasteiger partial charge in [0, 0.05) is 23.7 Å². The van der Waals surface area contributed by atoms with Gasteiger partial charge in [-0.1, -0.05) is 37.6 Å². The lowest BCUT2D eigenvalue weighted by Gasteiger charge is -2.28. The van der Waals surface area contributed by atoms with Crippen LogP contribution >= 0.6 is 11.6 Å². The van der Waals surface area contributed by atoms with E-state index in [9.17, 15) is 19.8 Å². The van der Waals surface area contributed by atoms with Gasteiger partial charge in [-0.05, 0) is 55.1 Å². The number of ketones is 1. The van der Waals surface area contributed by atoms with Crippen LogP contribution in [0.15, 0.2) is 54.1 Å². The lowest BCUT2D eigenvalue weighted by atomic mass is 9.95. The number of aliphatic hydroxyl groups excluding tert-OH is 1. The number of carbonyl (C=O) groups excluding carboxylic acids is 2. The zero-order chi connectivity index (χ0) is 21.8. The second kappa shape index (κ2) is 9.32. The highest BCUT2D eigenvalue weighted by Crippen LogP contribution is 2.40. The minimum atomic E-state index is -0.789. The zero-order valence-electron chi connectivity index (χ0n) is 17.0. The predicted molar refractivity (Wildman–Crippen MR) is 116 cm³/mol. The van der Waals surface area contributed by atoms with Gasteiger partial charge in [0.2, 0.25) is 0 Å². The molecule has 1 amide bonds. The van der Waals surface area contributed by atoms with Gasteiger partial charge in [0.25, 0.3) is 11.7 Å². The van der Waals surface area contributed by atoms with Gasteiger partial charge in [-0.3, -0.25) is 9.59 Å². The van der Waals surface area contributed by atoms with Crippen molar-refractivity contribution in [2.24, 2.45) is 0 Å². The lowest BCUT2D eigenvalue weighted by Crippen LogP contribution is -2.38. The van der Waals surface area contributed by atoms with Crippen LogP contribution in [-0.2, 0) is 9.59 Å². The third-order valence-electron chi connectivity index (χ3n) is 5.40. The summed E-state index contributed by atoms with van der Waals surface area (Å²) in [5, 5.41) is 21.4. The fourth-order valence-electron chi connectivity index (χ4n) is 3.70. The molecule has 0 radical (unpaired) electrons. The molecule has 1 heterocycles. The molecule has 2 N–H and O–H groups in total. The number of aromatic hydroxyl groups is 1. The third kappa shape index (κ3) is 4.35. The van der Waals surface area contributed by atoms with Crippen molar-refractivity contribution in [2.45, 2.75) is 19.9 Å². The SMILES string of the molecule is CCN(CC)CCN1C(=O)C(=O)/C(=C(\O)c2ccc(Cl)cc2)C1c1cccc(O)c1. The van der Waals surface area contributed by atoms with E-state index in [0.29, 0.717) is 29.2 Å². The van der Waals surface area contributed by atoms with Crippen LogP contribution in [0.1, 0.15) is 31.0 Å². The summed E-state index contributed by atoms with van der Waals surface area (Å²) in [4.78, 5) is 29.5. The molecule has 30 heavy (non-hydrogen) atoms. The van der Waals surface area contributed by atoms with E-state index in [-0.39, 0.29) is 17.1 Å². The molecule has 0 bridgehead atoms. The number of aliphatic hydroxyl groups is 1. The van der Waals surface area contributed by atoms with Gasteiger partial charge < -0.3 is 20.0 Å². The molecule has 1 aliphatic heterocycles. The molecular formula is C23H25ClN2O4. The van der Waals surface area contributed by atoms with E-state index in [4.69, 9.17) is 11.6 Å². The molecule has 1 aliphatic rings. The van der Waals surface area contributed by atoms with Crippen molar-refractivity contribution in [3.8, 4) is 5.75 Å². The normalized spacial score (nSPS) is 18.4. The quantitative estimate of drug-likeness (QED) is 0.398. The van der Waals surface area contributed by atoms with Gasteiger partial charge in [0.15, 0.2) is 0 Å². The van der Waals surface area contributed by atoms with Crippen molar-refractivity contribution in [1.82, 2.24) is 9.80 Å². The molecular weight excluding hydrogens is 404 g/mol. The number of halogens is 1. The Bertz CT molecular complexity index is 967. The Morgan fingerprint density at radius 2 is 1.77 bits per heavy atom. The number of phenols is 1. The second-order valence-corrected chi connectivity index (χ2v) is 7.56. The molecule has 1 fully saturated rings. The Morgan fingerprint density at radius 3 is 2.37 bits per heavy atom. The molecule has 2 aromatic rings. The van der Waals surface area contributed by atoms with Crippen LogP contribution in [-0.4, -0.2) is 57.9 Å². The standard InChI is InChI=1S/C23H25ClN2O4/c1-3-25(4-2)12-13-26-20(16-6-5-7-18(27)14-16)19(22(29)23(26)30)21(28)15-8-10-17(24)11-9-15/h5-11,14,20,27-28H,3-4,12-13H2,1-2H3/b21-19-. The number of rotatable bonds is 7. The maximum atomic E-state index is 12.9. The van der Waals surface area contributed by atoms with Gasteiger partial charge in [-0.25, -0.2) is 0 Å². The molecule has 0 aromatic heterocycles. The predicted octanol–water partition coefficient (Wildman–Crippen LogP) is 3.81. The van der Waals surface area contributed by atoms with E-state index in [1.54, 1.807) is 36.4 Å². The molecule has 7 heteroatoms. The molecule has 1 unspecified atom stereocenters. The topological polar surface area (TPSA) is 81.1 Å². The first-order chi connectivity index (χ1) is 14.4. The fraction of sp³-hybridized carbons (Fsp3) is 0.304. The number of likely N-dealkylation sites (tertiary alicyclic amines) is 1. The number of benzene rings is 2. The van der Waals surface area contributed by atoms with E-state index in [1.165, 1.54) is 17.0 Å². The molecule has 158 valence electrons. The number of amides is 1. The lowest BCUT2D eigenvalue weighted by molar-refractivity contribution is -0.140. The first kappa shape index (κ1) is 21.9. The van der Waals surface area contributed by atoms with Gasteiger partial charge in [-0.2, -0.15) is 0 Å². The number of likely N-dealkylation sites (N-methyl/N-ethyl adjacent to an activating group) is 1. The number of hydrogen-bond donors (Lipinski definition) is 2. The average molecular weight is 429 g/mol. The van der Waals surface area contributed by atoms with Crippen LogP contribution in [0.5, 0.6) is 5.75 Å². The minimum Gasteiger partial charge on any atom is -0.508 e. The Balaban J connectivity index is 2.09. The van der Waals surface area contributed by atoms with Gasteiger partial charge >= 0.3 is 0 Å². The van der Waals surface area contributed by atoms with Gasteiger partial charge in [0.1, 0.15) is 11.5 Å². The van der Waals surface area contributed by atoms with Crippen LogP contribution in [0.4, 0.5) is 0 Å². The van der Waals surface area contributed by atoms with Crippen molar-refractivity contribution in [3.63, 3.8) is 0 Å². The Hall–Kier alpha value is -2.83. The number of nitrogens with zero attached hydrogens (tertiary/aromatic N) is 2. The summed E-state index contributed by atoms with van der Waals surface area (Å²) < 4.78 is 0. The van der Waals surface area contributed by atoms with E-state index >= 15 is 0 Å². The third-order valence-corrected chi connectivity index (χ3v) is 5.65. The molecule has 0 aliphatic carbocycles. The van der Waals surface area contributed by atoms with E-state index in [0.717, 1.165) is 13.1 Å². The smallest absolute Gasteiger partial charge is 0.295 e. The molecule has 2 aromatic carbocycles. The highest BCUT2D eigenvalue weighted by Gasteiger charge is 2.46. The summed E-state index contributed by atoms with van der Waals surface area (Å²) in [7, 11) is 0. The summed E-state index contributed by atoms with van der Waals surface area (Å²) in [6, 6.07) is 12.0. The summed E-state index contributed by atoms with van der Waals surface area (Å²) in [5.41, 5.74) is 0.961. The molecule has 3 rings (SSSR count). The number of Topliss-reactive ketones (excluding diaryl/α,β-unsaturated/α-hetero) is 1. The highest BCUT2D eigenvalue weighted by atomic mass is 35.5. The summed E-state index contributed by atoms with van der Waals surface area (Å²) in [6.45, 7) is 6.63. The summed E-state index contributed by atoms with van der Waals surface area (Å²) in [6.07, 6.45) is 0. The van der Waals surface area contributed by atoms with Crippen LogP contribution < -0.4 is 0 Å². The van der Waals surface area contributed by atoms with E-state index in [1.807, 2.05) is 13.8 Å². The summed E-state index contributed by atoms with van der Waals surface area (Å²) >= 11 is 5.93. The van der Waals surface area contributed by atoms with E-state index < -0.39 is 17.7 Å². The van der Waals surface area contributed by atoms with E-state index in [2.05, 4.69) is 4.90 Å². The van der Waals surface area contributed by atoms with Crippen LogP contribution in [0.2, 0.25) is 5.02 Å². The highest BCUT2D eigenvalue weighted by molar-refractivity contribution is 6.46. The van der Waals surface area contributed by atoms with Crippen LogP contribution in [0.25, 0.3) is 5.76 Å². The molecule has 6 nitrogen and oxygen atoms in total. The van der Waals surface area contributed by atoms with Crippen molar-refractivity contribution in [3.05, 3.63) is 70.3 Å². The van der Waals surface area contributed by atoms with Gasteiger partial charge in [0.05, 0.1) is 11.6 Å². The van der Waals surface area contributed by atoms with Crippen LogP contribution in [0.3, 0.4) is 0 Å². The molecule has 0 saturated carbocycles. The number of carbonyl (C=O) groups is 2. The number of hydrogen-bond acceptors (Lipinski definition) is 5. The maximum Gasteiger partial charge on any atom is 0.295 e. The Labute approximate surface area is 181 Å². The Morgan fingerprint density at radius 1 is 1.10 bits per heavy atom. The first-order valence-electron chi connectivity index (χ1n) is 9.93.